The van der Waals surface area contributed by atoms with E-state index in [1.165, 1.54) is 4.90 Å². The van der Waals surface area contributed by atoms with E-state index >= 15 is 0 Å². The summed E-state index contributed by atoms with van der Waals surface area (Å²) in [5.74, 6) is 0. The van der Waals surface area contributed by atoms with Gasteiger partial charge in [0.05, 0.1) is 49.1 Å². The molecule has 3 aromatic rings. The molecule has 0 unspecified atom stereocenters. The first-order chi connectivity index (χ1) is 17.7. The summed E-state index contributed by atoms with van der Waals surface area (Å²) in [6, 6.07) is 9.02. The molecule has 1 aromatic carbocycles. The second-order valence-electron chi connectivity index (χ2n) is 10.2. The van der Waals surface area contributed by atoms with Crippen LogP contribution in [-0.4, -0.2) is 75.7 Å². The monoisotopic (exact) mass is 516 g/mol. The maximum atomic E-state index is 13.6. The van der Waals surface area contributed by atoms with Gasteiger partial charge in [-0.15, -0.1) is 0 Å². The summed E-state index contributed by atoms with van der Waals surface area (Å²) in [6.07, 6.45) is 2.17. The zero-order valence-electron chi connectivity index (χ0n) is 21.0. The zero-order chi connectivity index (χ0) is 26.2. The van der Waals surface area contributed by atoms with Crippen molar-refractivity contribution in [2.75, 3.05) is 38.2 Å². The summed E-state index contributed by atoms with van der Waals surface area (Å²) >= 11 is 0. The van der Waals surface area contributed by atoms with Crippen molar-refractivity contribution in [1.29, 1.82) is 0 Å². The van der Waals surface area contributed by atoms with E-state index in [0.29, 0.717) is 18.5 Å². The van der Waals surface area contributed by atoms with Crippen LogP contribution >= 0.6 is 0 Å². The molecule has 4 heterocycles. The van der Waals surface area contributed by atoms with Crippen molar-refractivity contribution < 1.29 is 17.6 Å². The third-order valence-electron chi connectivity index (χ3n) is 7.25. The zero-order valence-corrected chi connectivity index (χ0v) is 21.0. The lowest BCUT2D eigenvalue weighted by Gasteiger charge is -2.42. The van der Waals surface area contributed by atoms with Crippen LogP contribution in [0, 0.1) is 0 Å². The molecule has 0 amide bonds. The van der Waals surface area contributed by atoms with E-state index in [9.17, 15) is 17.6 Å². The maximum Gasteiger partial charge on any atom is 0.401 e. The predicted octanol–water partition coefficient (Wildman–Crippen LogP) is 4.84. The first kappa shape index (κ1) is 25.7. The summed E-state index contributed by atoms with van der Waals surface area (Å²) in [5, 5.41) is 7.66. The van der Waals surface area contributed by atoms with Gasteiger partial charge in [-0.25, -0.2) is 0 Å². The van der Waals surface area contributed by atoms with E-state index in [1.807, 2.05) is 44.4 Å². The van der Waals surface area contributed by atoms with Crippen LogP contribution in [0.3, 0.4) is 0 Å². The minimum absolute atomic E-state index is 0.260. The van der Waals surface area contributed by atoms with Gasteiger partial charge in [0.1, 0.15) is 0 Å². The molecule has 6 nitrogen and oxygen atoms in total. The fourth-order valence-corrected chi connectivity index (χ4v) is 5.47. The van der Waals surface area contributed by atoms with Gasteiger partial charge in [0, 0.05) is 44.5 Å². The van der Waals surface area contributed by atoms with Gasteiger partial charge >= 0.3 is 6.18 Å². The lowest BCUT2D eigenvalue weighted by atomic mass is 9.85. The number of rotatable bonds is 8. The lowest BCUT2D eigenvalue weighted by Crippen LogP contribution is -2.54. The van der Waals surface area contributed by atoms with Crippen LogP contribution in [0.1, 0.15) is 36.2 Å². The van der Waals surface area contributed by atoms with Crippen LogP contribution in [0.5, 0.6) is 0 Å². The van der Waals surface area contributed by atoms with E-state index in [1.54, 1.807) is 17.1 Å². The van der Waals surface area contributed by atoms with Gasteiger partial charge in [-0.05, 0) is 48.6 Å². The molecule has 2 aromatic heterocycles. The standard InChI is InChI=1S/C27H32F4N6/c1-18-10-20-11-19(21-12-33-35(2)14-21)4-6-24(20)26(37(18)17-27(29,30)31)25-7-5-22(13-32-25)34-23-15-36(16-23)9-3-8-28/h4-7,11-14,18,23,26,34H,3,8-10,15-17H2,1-2H3/t18-,26-/m1/s1. The number of aromatic nitrogens is 3. The highest BCUT2D eigenvalue weighted by atomic mass is 19.4. The van der Waals surface area contributed by atoms with Crippen molar-refractivity contribution in [2.45, 2.75) is 44.1 Å². The van der Waals surface area contributed by atoms with Crippen LogP contribution in [-0.2, 0) is 13.5 Å². The number of hydrogen-bond donors (Lipinski definition) is 1. The number of nitrogens with zero attached hydrogens (tertiary/aromatic N) is 5. The van der Waals surface area contributed by atoms with Gasteiger partial charge < -0.3 is 5.32 Å². The van der Waals surface area contributed by atoms with E-state index in [2.05, 4.69) is 26.4 Å². The van der Waals surface area contributed by atoms with E-state index in [-0.39, 0.29) is 18.8 Å². The smallest absolute Gasteiger partial charge is 0.378 e. The summed E-state index contributed by atoms with van der Waals surface area (Å²) in [5.41, 5.74) is 5.28. The first-order valence-electron chi connectivity index (χ1n) is 12.7. The molecule has 0 spiro atoms. The van der Waals surface area contributed by atoms with Gasteiger partial charge in [0.25, 0.3) is 0 Å². The number of nitrogens with one attached hydrogen (secondary N) is 1. The normalized spacial score (nSPS) is 21.0. The molecular formula is C27H32F4N6. The van der Waals surface area contributed by atoms with Gasteiger partial charge in [0.15, 0.2) is 0 Å². The number of aryl methyl sites for hydroxylation is 1. The van der Waals surface area contributed by atoms with Crippen LogP contribution in [0.25, 0.3) is 11.1 Å². The number of hydrogen-bond acceptors (Lipinski definition) is 5. The Hall–Kier alpha value is -2.98. The highest BCUT2D eigenvalue weighted by Gasteiger charge is 2.41. The van der Waals surface area contributed by atoms with E-state index in [4.69, 9.17) is 0 Å². The quantitative estimate of drug-likeness (QED) is 0.435. The van der Waals surface area contributed by atoms with E-state index < -0.39 is 18.8 Å². The molecule has 1 fully saturated rings. The van der Waals surface area contributed by atoms with Crippen LogP contribution < -0.4 is 5.32 Å². The summed E-state index contributed by atoms with van der Waals surface area (Å²) < 4.78 is 55.0. The second-order valence-corrected chi connectivity index (χ2v) is 10.2. The molecule has 2 aliphatic heterocycles. The maximum absolute atomic E-state index is 13.6. The molecule has 37 heavy (non-hydrogen) atoms. The van der Waals surface area contributed by atoms with E-state index in [0.717, 1.165) is 47.6 Å². The fraction of sp³-hybridized carbons (Fsp3) is 0.481. The van der Waals surface area contributed by atoms with Crippen LogP contribution in [0.2, 0.25) is 0 Å². The number of pyridine rings is 1. The molecule has 0 aliphatic carbocycles. The Kier molecular flexibility index (Phi) is 7.22. The Labute approximate surface area is 214 Å². The molecule has 0 radical (unpaired) electrons. The topological polar surface area (TPSA) is 49.2 Å². The predicted molar refractivity (Wildman–Crippen MR) is 135 cm³/mol. The molecule has 0 saturated carbocycles. The average molecular weight is 517 g/mol. The number of alkyl halides is 4. The third-order valence-corrected chi connectivity index (χ3v) is 7.25. The molecule has 2 atom stereocenters. The Bertz CT molecular complexity index is 1200. The van der Waals surface area contributed by atoms with Crippen molar-refractivity contribution in [3.05, 3.63) is 65.7 Å². The SMILES string of the molecule is C[C@@H]1Cc2cc(-c3cnn(C)c3)ccc2[C@H](c2ccc(NC3CN(CCCF)C3)cn2)N1CC(F)(F)F. The fourth-order valence-electron chi connectivity index (χ4n) is 5.47. The first-order valence-corrected chi connectivity index (χ1v) is 12.7. The Morgan fingerprint density at radius 2 is 1.89 bits per heavy atom. The third kappa shape index (κ3) is 5.80. The summed E-state index contributed by atoms with van der Waals surface area (Å²) in [7, 11) is 1.85. The van der Waals surface area contributed by atoms with Crippen molar-refractivity contribution in [1.82, 2.24) is 24.6 Å². The molecule has 198 valence electrons. The lowest BCUT2D eigenvalue weighted by molar-refractivity contribution is -0.155. The number of benzene rings is 1. The molecule has 5 rings (SSSR count). The molecular weight excluding hydrogens is 484 g/mol. The average Bonchev–Trinajstić information content (AvgIpc) is 3.26. The van der Waals surface area contributed by atoms with Crippen molar-refractivity contribution >= 4 is 5.69 Å². The highest BCUT2D eigenvalue weighted by Crippen LogP contribution is 2.40. The number of anilines is 1. The Morgan fingerprint density at radius 3 is 2.54 bits per heavy atom. The summed E-state index contributed by atoms with van der Waals surface area (Å²) in [4.78, 5) is 8.33. The molecule has 2 aliphatic rings. The van der Waals surface area contributed by atoms with Crippen LogP contribution in [0.4, 0.5) is 23.2 Å². The second kappa shape index (κ2) is 10.4. The minimum Gasteiger partial charge on any atom is -0.378 e. The summed E-state index contributed by atoms with van der Waals surface area (Å²) in [6.45, 7) is 2.98. The molecule has 1 N–H and O–H groups in total. The van der Waals surface area contributed by atoms with Gasteiger partial charge in [-0.2, -0.15) is 18.3 Å². The largest absolute Gasteiger partial charge is 0.401 e. The minimum atomic E-state index is -4.32. The van der Waals surface area contributed by atoms with Gasteiger partial charge in [-0.1, -0.05) is 18.2 Å². The van der Waals surface area contributed by atoms with Crippen LogP contribution in [0.15, 0.2) is 48.9 Å². The molecule has 10 heteroatoms. The van der Waals surface area contributed by atoms with Gasteiger partial charge in [-0.3, -0.25) is 23.9 Å². The number of likely N-dealkylation sites (tertiary alicyclic amines) is 1. The van der Waals surface area contributed by atoms with Crippen molar-refractivity contribution in [2.24, 2.45) is 7.05 Å². The Morgan fingerprint density at radius 1 is 1.08 bits per heavy atom. The van der Waals surface area contributed by atoms with Crippen molar-refractivity contribution in [3.8, 4) is 11.1 Å². The Balaban J connectivity index is 1.40. The van der Waals surface area contributed by atoms with Crippen molar-refractivity contribution in [3.63, 3.8) is 0 Å². The number of fused-ring (bicyclic) bond motifs is 1. The highest BCUT2D eigenvalue weighted by molar-refractivity contribution is 5.64. The van der Waals surface area contributed by atoms with Gasteiger partial charge in [0.2, 0.25) is 0 Å². The number of halogens is 4. The molecule has 1 saturated heterocycles. The molecule has 0 bridgehead atoms.